The Kier molecular flexibility index (Phi) is 7.69. The maximum Gasteiger partial charge on any atom is 0.238 e. The summed E-state index contributed by atoms with van der Waals surface area (Å²) in [5.41, 5.74) is 0.697. The number of ether oxygens (including phenoxy) is 2. The SMILES string of the molecule is CCCN(CCOC)CC(=O)Nc1ccccc1OC. The number of carbonyl (C=O) groups excluding carboxylic acids is 1. The second-order valence-corrected chi connectivity index (χ2v) is 4.52. The number of nitrogens with zero attached hydrogens (tertiary/aromatic N) is 1. The molecule has 0 bridgehead atoms. The van der Waals surface area contributed by atoms with Crippen molar-refractivity contribution in [2.45, 2.75) is 13.3 Å². The maximum atomic E-state index is 12.1. The molecule has 0 atom stereocenters. The van der Waals surface area contributed by atoms with E-state index in [2.05, 4.69) is 17.1 Å². The van der Waals surface area contributed by atoms with E-state index in [0.29, 0.717) is 24.6 Å². The number of benzene rings is 1. The monoisotopic (exact) mass is 280 g/mol. The molecule has 0 aromatic heterocycles. The molecule has 0 aliphatic carbocycles. The molecule has 0 heterocycles. The number of amides is 1. The normalized spacial score (nSPS) is 10.6. The summed E-state index contributed by atoms with van der Waals surface area (Å²) in [6.07, 6.45) is 1.01. The molecule has 0 fully saturated rings. The smallest absolute Gasteiger partial charge is 0.238 e. The summed E-state index contributed by atoms with van der Waals surface area (Å²) < 4.78 is 10.3. The van der Waals surface area contributed by atoms with E-state index in [-0.39, 0.29) is 5.91 Å². The number of hydrogen-bond donors (Lipinski definition) is 1. The van der Waals surface area contributed by atoms with Crippen LogP contribution in [0, 0.1) is 0 Å². The fraction of sp³-hybridized carbons (Fsp3) is 0.533. The van der Waals surface area contributed by atoms with Crippen LogP contribution in [0.5, 0.6) is 5.75 Å². The molecule has 1 aromatic carbocycles. The fourth-order valence-electron chi connectivity index (χ4n) is 1.95. The molecule has 0 saturated heterocycles. The molecular weight excluding hydrogens is 256 g/mol. The van der Waals surface area contributed by atoms with Crippen LogP contribution in [-0.4, -0.2) is 51.3 Å². The number of anilines is 1. The van der Waals surface area contributed by atoms with E-state index < -0.39 is 0 Å². The van der Waals surface area contributed by atoms with E-state index in [9.17, 15) is 4.79 Å². The number of hydrogen-bond acceptors (Lipinski definition) is 4. The van der Waals surface area contributed by atoms with Gasteiger partial charge in [0.2, 0.25) is 5.91 Å². The second-order valence-electron chi connectivity index (χ2n) is 4.52. The van der Waals surface area contributed by atoms with Gasteiger partial charge in [0.1, 0.15) is 5.75 Å². The zero-order valence-corrected chi connectivity index (χ0v) is 12.5. The molecule has 0 aliphatic heterocycles. The lowest BCUT2D eigenvalue weighted by Crippen LogP contribution is -2.36. The molecule has 1 aromatic rings. The predicted molar refractivity (Wildman–Crippen MR) is 80.2 cm³/mol. The van der Waals surface area contributed by atoms with Gasteiger partial charge in [0.15, 0.2) is 0 Å². The Hall–Kier alpha value is -1.59. The minimum atomic E-state index is -0.0425. The minimum Gasteiger partial charge on any atom is -0.495 e. The molecule has 5 nitrogen and oxygen atoms in total. The van der Waals surface area contributed by atoms with Crippen LogP contribution in [0.2, 0.25) is 0 Å². The van der Waals surface area contributed by atoms with Gasteiger partial charge in [-0.25, -0.2) is 0 Å². The van der Waals surface area contributed by atoms with Gasteiger partial charge in [0.25, 0.3) is 0 Å². The highest BCUT2D eigenvalue weighted by Crippen LogP contribution is 2.22. The Morgan fingerprint density at radius 2 is 2.00 bits per heavy atom. The van der Waals surface area contributed by atoms with Crippen LogP contribution in [0.3, 0.4) is 0 Å². The highest BCUT2D eigenvalue weighted by Gasteiger charge is 2.11. The molecule has 1 amide bonds. The average molecular weight is 280 g/mol. The van der Waals surface area contributed by atoms with Crippen molar-refractivity contribution >= 4 is 11.6 Å². The molecule has 20 heavy (non-hydrogen) atoms. The van der Waals surface area contributed by atoms with Gasteiger partial charge in [-0.15, -0.1) is 0 Å². The Labute approximate surface area is 120 Å². The summed E-state index contributed by atoms with van der Waals surface area (Å²) in [5.74, 6) is 0.624. The van der Waals surface area contributed by atoms with Gasteiger partial charge < -0.3 is 14.8 Å². The zero-order chi connectivity index (χ0) is 14.8. The van der Waals surface area contributed by atoms with E-state index >= 15 is 0 Å². The van der Waals surface area contributed by atoms with Gasteiger partial charge in [-0.2, -0.15) is 0 Å². The largest absolute Gasteiger partial charge is 0.495 e. The van der Waals surface area contributed by atoms with Crippen molar-refractivity contribution in [1.29, 1.82) is 0 Å². The van der Waals surface area contributed by atoms with E-state index in [1.807, 2.05) is 24.3 Å². The Bertz CT molecular complexity index is 410. The van der Waals surface area contributed by atoms with Gasteiger partial charge >= 0.3 is 0 Å². The lowest BCUT2D eigenvalue weighted by atomic mass is 10.3. The van der Waals surface area contributed by atoms with Gasteiger partial charge in [-0.05, 0) is 25.1 Å². The standard InChI is InChI=1S/C15H24N2O3/c1-4-9-17(10-11-19-2)12-15(18)16-13-7-5-6-8-14(13)20-3/h5-8H,4,9-12H2,1-3H3,(H,16,18). The van der Waals surface area contributed by atoms with Crippen molar-refractivity contribution in [2.75, 3.05) is 45.8 Å². The molecule has 0 unspecified atom stereocenters. The first kappa shape index (κ1) is 16.5. The molecular formula is C15H24N2O3. The van der Waals surface area contributed by atoms with Crippen molar-refractivity contribution in [3.63, 3.8) is 0 Å². The van der Waals surface area contributed by atoms with Gasteiger partial charge in [0, 0.05) is 13.7 Å². The second kappa shape index (κ2) is 9.34. The third kappa shape index (κ3) is 5.59. The van der Waals surface area contributed by atoms with Gasteiger partial charge in [-0.3, -0.25) is 9.69 Å². The number of rotatable bonds is 9. The van der Waals surface area contributed by atoms with E-state index in [1.165, 1.54) is 0 Å². The van der Waals surface area contributed by atoms with Crippen LogP contribution in [-0.2, 0) is 9.53 Å². The molecule has 0 saturated carbocycles. The summed E-state index contributed by atoms with van der Waals surface area (Å²) in [4.78, 5) is 14.2. The van der Waals surface area contributed by atoms with Crippen LogP contribution in [0.25, 0.3) is 0 Å². The van der Waals surface area contributed by atoms with Crippen molar-refractivity contribution in [1.82, 2.24) is 4.90 Å². The molecule has 0 spiro atoms. The summed E-state index contributed by atoms with van der Waals surface area (Å²) in [5, 5.41) is 2.88. The van der Waals surface area contributed by atoms with E-state index in [1.54, 1.807) is 14.2 Å². The van der Waals surface area contributed by atoms with E-state index in [4.69, 9.17) is 9.47 Å². The fourth-order valence-corrected chi connectivity index (χ4v) is 1.95. The summed E-state index contributed by atoms with van der Waals surface area (Å²) in [6, 6.07) is 7.39. The van der Waals surface area contributed by atoms with E-state index in [0.717, 1.165) is 19.5 Å². The molecule has 0 radical (unpaired) electrons. The first-order chi connectivity index (χ1) is 9.71. The molecule has 112 valence electrons. The number of nitrogens with one attached hydrogen (secondary N) is 1. The van der Waals surface area contributed by atoms with Crippen LogP contribution < -0.4 is 10.1 Å². The lowest BCUT2D eigenvalue weighted by Gasteiger charge is -2.20. The lowest BCUT2D eigenvalue weighted by molar-refractivity contribution is -0.117. The summed E-state index contributed by atoms with van der Waals surface area (Å²) in [6.45, 7) is 4.71. The van der Waals surface area contributed by atoms with Crippen molar-refractivity contribution in [3.05, 3.63) is 24.3 Å². The average Bonchev–Trinajstić information content (AvgIpc) is 2.45. The van der Waals surface area contributed by atoms with Crippen LogP contribution in [0.15, 0.2) is 24.3 Å². The molecule has 1 rings (SSSR count). The molecule has 0 aliphatic rings. The topological polar surface area (TPSA) is 50.8 Å². The highest BCUT2D eigenvalue weighted by molar-refractivity contribution is 5.93. The minimum absolute atomic E-state index is 0.0425. The van der Waals surface area contributed by atoms with Crippen molar-refractivity contribution in [3.8, 4) is 5.75 Å². The Balaban J connectivity index is 2.56. The first-order valence-electron chi connectivity index (χ1n) is 6.85. The van der Waals surface area contributed by atoms with Crippen LogP contribution in [0.1, 0.15) is 13.3 Å². The number of methoxy groups -OCH3 is 2. The van der Waals surface area contributed by atoms with Crippen LogP contribution >= 0.6 is 0 Å². The number of carbonyl (C=O) groups is 1. The van der Waals surface area contributed by atoms with Crippen molar-refractivity contribution < 1.29 is 14.3 Å². The van der Waals surface area contributed by atoms with Gasteiger partial charge in [0.05, 0.1) is 25.9 Å². The highest BCUT2D eigenvalue weighted by atomic mass is 16.5. The first-order valence-corrected chi connectivity index (χ1v) is 6.85. The predicted octanol–water partition coefficient (Wildman–Crippen LogP) is 1.99. The third-order valence-corrected chi connectivity index (χ3v) is 2.90. The quantitative estimate of drug-likeness (QED) is 0.751. The summed E-state index contributed by atoms with van der Waals surface area (Å²) >= 11 is 0. The zero-order valence-electron chi connectivity index (χ0n) is 12.5. The Morgan fingerprint density at radius 1 is 1.25 bits per heavy atom. The third-order valence-electron chi connectivity index (χ3n) is 2.90. The Morgan fingerprint density at radius 3 is 2.65 bits per heavy atom. The molecule has 1 N–H and O–H groups in total. The molecule has 5 heteroatoms. The number of para-hydroxylation sites is 2. The summed E-state index contributed by atoms with van der Waals surface area (Å²) in [7, 11) is 3.26. The van der Waals surface area contributed by atoms with Crippen molar-refractivity contribution in [2.24, 2.45) is 0 Å². The maximum absolute atomic E-state index is 12.1. The van der Waals surface area contributed by atoms with Gasteiger partial charge in [-0.1, -0.05) is 19.1 Å². The van der Waals surface area contributed by atoms with Crippen LogP contribution in [0.4, 0.5) is 5.69 Å².